The zero-order valence-corrected chi connectivity index (χ0v) is 15.7. The monoisotopic (exact) mass is 435 g/mol. The Hall–Kier alpha value is -3.12. The zero-order valence-electron chi connectivity index (χ0n) is 14.2. The number of nitrogens with zero attached hydrogens (tertiary/aromatic N) is 1. The number of carbonyl (C=O) groups is 2. The van der Waals surface area contributed by atoms with Crippen LogP contribution in [0, 0.1) is 17.1 Å². The van der Waals surface area contributed by atoms with Gasteiger partial charge in [0.2, 0.25) is 0 Å². The Morgan fingerprint density at radius 1 is 1.22 bits per heavy atom. The van der Waals surface area contributed by atoms with E-state index in [0.717, 1.165) is 0 Å². The predicted molar refractivity (Wildman–Crippen MR) is 97.1 cm³/mol. The molecule has 1 atom stereocenters. The lowest BCUT2D eigenvalue weighted by Gasteiger charge is -2.15. The summed E-state index contributed by atoms with van der Waals surface area (Å²) in [5.74, 6) is -1.57. The summed E-state index contributed by atoms with van der Waals surface area (Å²) < 4.78 is 24.6. The number of nitriles is 1. The van der Waals surface area contributed by atoms with Gasteiger partial charge in [-0.25, -0.2) is 4.39 Å². The number of rotatable bonds is 6. The fourth-order valence-corrected chi connectivity index (χ4v) is 2.20. The van der Waals surface area contributed by atoms with Crippen LogP contribution in [-0.2, 0) is 9.59 Å². The highest BCUT2D eigenvalue weighted by molar-refractivity contribution is 9.10. The minimum absolute atomic E-state index is 0.0859. The van der Waals surface area contributed by atoms with Crippen molar-refractivity contribution >= 4 is 27.7 Å². The summed E-state index contributed by atoms with van der Waals surface area (Å²) in [4.78, 5) is 23.6. The molecule has 7 nitrogen and oxygen atoms in total. The van der Waals surface area contributed by atoms with E-state index >= 15 is 0 Å². The molecule has 0 bridgehead atoms. The molecule has 0 saturated carbocycles. The Kier molecular flexibility index (Phi) is 7.14. The molecule has 0 aliphatic rings. The third-order valence-electron chi connectivity index (χ3n) is 3.24. The maximum atomic E-state index is 13.6. The molecule has 2 aromatic carbocycles. The van der Waals surface area contributed by atoms with Crippen molar-refractivity contribution in [2.24, 2.45) is 0 Å². The molecule has 2 N–H and O–H groups in total. The first kappa shape index (κ1) is 20.2. The maximum absolute atomic E-state index is 13.6. The highest BCUT2D eigenvalue weighted by atomic mass is 79.9. The minimum atomic E-state index is -0.900. The van der Waals surface area contributed by atoms with Crippen molar-refractivity contribution in [1.82, 2.24) is 10.9 Å². The van der Waals surface area contributed by atoms with E-state index in [1.165, 1.54) is 19.1 Å². The number of nitrogens with one attached hydrogen (secondary N) is 2. The molecule has 0 aromatic heterocycles. The van der Waals surface area contributed by atoms with Crippen LogP contribution in [0.1, 0.15) is 12.5 Å². The lowest BCUT2D eigenvalue weighted by molar-refractivity contribution is -0.133. The Labute approximate surface area is 163 Å². The molecule has 0 radical (unpaired) electrons. The van der Waals surface area contributed by atoms with Crippen molar-refractivity contribution in [3.8, 4) is 17.6 Å². The molecule has 0 saturated heterocycles. The molecule has 27 heavy (non-hydrogen) atoms. The zero-order chi connectivity index (χ0) is 19.8. The van der Waals surface area contributed by atoms with E-state index in [1.54, 1.807) is 30.3 Å². The quantitative estimate of drug-likeness (QED) is 0.678. The molecule has 2 aromatic rings. The number of hydrazine groups is 1. The fourth-order valence-electron chi connectivity index (χ4n) is 1.87. The van der Waals surface area contributed by atoms with Gasteiger partial charge in [0, 0.05) is 4.47 Å². The summed E-state index contributed by atoms with van der Waals surface area (Å²) in [6, 6.07) is 12.3. The number of carbonyl (C=O) groups excluding carboxylic acids is 2. The van der Waals surface area contributed by atoms with Crippen LogP contribution in [0.25, 0.3) is 0 Å². The van der Waals surface area contributed by atoms with Gasteiger partial charge in [-0.05, 0) is 49.4 Å². The molecule has 0 spiro atoms. The first-order chi connectivity index (χ1) is 12.9. The SMILES string of the molecule is C[C@@H](Oc1ccc(C#N)cc1)C(=O)NNC(=O)COc1ccc(Br)cc1F. The predicted octanol–water partition coefficient (Wildman–Crippen LogP) is 2.45. The van der Waals surface area contributed by atoms with Crippen molar-refractivity contribution in [1.29, 1.82) is 5.26 Å². The van der Waals surface area contributed by atoms with Crippen molar-refractivity contribution in [3.05, 3.63) is 58.3 Å². The molecule has 0 fully saturated rings. The molecule has 0 unspecified atom stereocenters. The largest absolute Gasteiger partial charge is 0.481 e. The highest BCUT2D eigenvalue weighted by Crippen LogP contribution is 2.21. The molecular weight excluding hydrogens is 421 g/mol. The minimum Gasteiger partial charge on any atom is -0.481 e. The van der Waals surface area contributed by atoms with Gasteiger partial charge in [0.1, 0.15) is 5.75 Å². The number of ether oxygens (including phenoxy) is 2. The van der Waals surface area contributed by atoms with Crippen molar-refractivity contribution < 1.29 is 23.5 Å². The van der Waals surface area contributed by atoms with Crippen LogP contribution in [0.15, 0.2) is 46.9 Å². The second kappa shape index (κ2) is 9.54. The van der Waals surface area contributed by atoms with E-state index < -0.39 is 30.3 Å². The number of halogens is 2. The van der Waals surface area contributed by atoms with Gasteiger partial charge in [-0.3, -0.25) is 20.4 Å². The Bertz CT molecular complexity index is 868. The third kappa shape index (κ3) is 6.27. The van der Waals surface area contributed by atoms with Gasteiger partial charge in [-0.15, -0.1) is 0 Å². The average Bonchev–Trinajstić information content (AvgIpc) is 2.66. The second-order valence-corrected chi connectivity index (χ2v) is 6.21. The van der Waals surface area contributed by atoms with Gasteiger partial charge in [0.25, 0.3) is 11.8 Å². The van der Waals surface area contributed by atoms with Crippen LogP contribution in [0.3, 0.4) is 0 Å². The molecule has 0 aliphatic heterocycles. The average molecular weight is 436 g/mol. The van der Waals surface area contributed by atoms with Gasteiger partial charge < -0.3 is 9.47 Å². The van der Waals surface area contributed by atoms with E-state index in [9.17, 15) is 14.0 Å². The van der Waals surface area contributed by atoms with Crippen LogP contribution in [0.2, 0.25) is 0 Å². The highest BCUT2D eigenvalue weighted by Gasteiger charge is 2.16. The summed E-state index contributed by atoms with van der Waals surface area (Å²) in [5, 5.41) is 8.74. The van der Waals surface area contributed by atoms with E-state index in [0.29, 0.717) is 15.8 Å². The van der Waals surface area contributed by atoms with Crippen molar-refractivity contribution in [2.75, 3.05) is 6.61 Å². The molecule has 2 rings (SSSR count). The Morgan fingerprint density at radius 3 is 2.56 bits per heavy atom. The summed E-state index contributed by atoms with van der Waals surface area (Å²) in [7, 11) is 0. The summed E-state index contributed by atoms with van der Waals surface area (Å²) in [6.07, 6.45) is -0.900. The van der Waals surface area contributed by atoms with Crippen molar-refractivity contribution in [3.63, 3.8) is 0 Å². The summed E-state index contributed by atoms with van der Waals surface area (Å²) >= 11 is 3.11. The van der Waals surface area contributed by atoms with Crippen molar-refractivity contribution in [2.45, 2.75) is 13.0 Å². The molecule has 2 amide bonds. The first-order valence-electron chi connectivity index (χ1n) is 7.72. The normalized spacial score (nSPS) is 11.0. The van der Waals surface area contributed by atoms with E-state index in [1.807, 2.05) is 6.07 Å². The standard InChI is InChI=1S/C18H15BrFN3O4/c1-11(27-14-5-2-12(9-21)3-6-14)18(25)23-22-17(24)10-26-16-7-4-13(19)8-15(16)20/h2-8,11H,10H2,1H3,(H,22,24)(H,23,25)/t11-/m1/s1. The van der Waals surface area contributed by atoms with Gasteiger partial charge in [0.15, 0.2) is 24.3 Å². The third-order valence-corrected chi connectivity index (χ3v) is 3.74. The van der Waals surface area contributed by atoms with E-state index in [2.05, 4.69) is 26.8 Å². The first-order valence-corrected chi connectivity index (χ1v) is 8.51. The Morgan fingerprint density at radius 2 is 1.93 bits per heavy atom. The maximum Gasteiger partial charge on any atom is 0.279 e. The number of benzene rings is 2. The van der Waals surface area contributed by atoms with Gasteiger partial charge >= 0.3 is 0 Å². The van der Waals surface area contributed by atoms with Crippen LogP contribution >= 0.6 is 15.9 Å². The molecule has 9 heteroatoms. The van der Waals surface area contributed by atoms with Gasteiger partial charge in [-0.2, -0.15) is 5.26 Å². The van der Waals surface area contributed by atoms with Gasteiger partial charge in [-0.1, -0.05) is 15.9 Å². The molecular formula is C18H15BrFN3O4. The Balaban J connectivity index is 1.76. The number of amides is 2. The van der Waals surface area contributed by atoms with E-state index in [4.69, 9.17) is 14.7 Å². The lowest BCUT2D eigenvalue weighted by atomic mass is 10.2. The topological polar surface area (TPSA) is 100 Å². The second-order valence-electron chi connectivity index (χ2n) is 5.30. The molecule has 0 aliphatic carbocycles. The number of hydrogen-bond acceptors (Lipinski definition) is 5. The van der Waals surface area contributed by atoms with Crippen LogP contribution < -0.4 is 20.3 Å². The lowest BCUT2D eigenvalue weighted by Crippen LogP contribution is -2.48. The van der Waals surface area contributed by atoms with Gasteiger partial charge in [0.05, 0.1) is 11.6 Å². The van der Waals surface area contributed by atoms with Crippen LogP contribution in [-0.4, -0.2) is 24.5 Å². The molecule has 140 valence electrons. The van der Waals surface area contributed by atoms with Crippen LogP contribution in [0.5, 0.6) is 11.5 Å². The summed E-state index contributed by atoms with van der Waals surface area (Å²) in [5.41, 5.74) is 4.80. The van der Waals surface area contributed by atoms with Crippen LogP contribution in [0.4, 0.5) is 4.39 Å². The number of hydrogen-bond donors (Lipinski definition) is 2. The smallest absolute Gasteiger partial charge is 0.279 e. The van der Waals surface area contributed by atoms with E-state index in [-0.39, 0.29) is 5.75 Å². The molecule has 0 heterocycles. The summed E-state index contributed by atoms with van der Waals surface area (Å²) in [6.45, 7) is 1.01. The fraction of sp³-hybridized carbons (Fsp3) is 0.167.